The number of sulfone groups is 1. The van der Waals surface area contributed by atoms with Crippen LogP contribution in [0.1, 0.15) is 26.7 Å². The van der Waals surface area contributed by atoms with Crippen molar-refractivity contribution in [1.82, 2.24) is 15.1 Å². The highest BCUT2D eigenvalue weighted by molar-refractivity contribution is 14.0. The zero-order chi connectivity index (χ0) is 17.9. The lowest BCUT2D eigenvalue weighted by molar-refractivity contribution is 0.259. The standard InChI is InChI=1S/C18H32N4O2S.HI/c1-15(2)11-19-18(20-12-16-6-10-25(23,24)14-16)22-9-5-17(13-22)21-7-3-4-8-21;/h3-4,15-17H,5-14H2,1-2H3,(H,19,20);1H. The van der Waals surface area contributed by atoms with Crippen molar-refractivity contribution in [3.63, 3.8) is 0 Å². The molecule has 8 heteroatoms. The van der Waals surface area contributed by atoms with E-state index in [0.717, 1.165) is 45.1 Å². The van der Waals surface area contributed by atoms with Gasteiger partial charge in [0.15, 0.2) is 15.8 Å². The van der Waals surface area contributed by atoms with Gasteiger partial charge in [0.2, 0.25) is 0 Å². The van der Waals surface area contributed by atoms with E-state index in [0.29, 0.717) is 30.0 Å². The van der Waals surface area contributed by atoms with Gasteiger partial charge in [0.1, 0.15) is 0 Å². The van der Waals surface area contributed by atoms with Gasteiger partial charge >= 0.3 is 0 Å². The second-order valence-electron chi connectivity index (χ2n) is 8.02. The molecule has 0 radical (unpaired) electrons. The number of hydrogen-bond donors (Lipinski definition) is 1. The third-order valence-electron chi connectivity index (χ3n) is 5.31. The molecule has 150 valence electrons. The van der Waals surface area contributed by atoms with E-state index >= 15 is 0 Å². The van der Waals surface area contributed by atoms with Crippen molar-refractivity contribution in [2.45, 2.75) is 32.7 Å². The van der Waals surface area contributed by atoms with Crippen molar-refractivity contribution in [2.75, 3.05) is 50.8 Å². The summed E-state index contributed by atoms with van der Waals surface area (Å²) in [6, 6.07) is 0.591. The largest absolute Gasteiger partial charge is 0.356 e. The first-order valence-corrected chi connectivity index (χ1v) is 11.4. The van der Waals surface area contributed by atoms with Crippen molar-refractivity contribution < 1.29 is 8.42 Å². The lowest BCUT2D eigenvalue weighted by Gasteiger charge is -2.26. The molecular weight excluding hydrogens is 463 g/mol. The molecule has 0 aliphatic carbocycles. The molecule has 3 rings (SSSR count). The molecule has 0 aromatic carbocycles. The second-order valence-corrected chi connectivity index (χ2v) is 10.3. The minimum absolute atomic E-state index is 0. The molecule has 0 bridgehead atoms. The van der Waals surface area contributed by atoms with Crippen LogP contribution < -0.4 is 5.32 Å². The van der Waals surface area contributed by atoms with Crippen LogP contribution in [0.4, 0.5) is 0 Å². The van der Waals surface area contributed by atoms with Gasteiger partial charge in [-0.05, 0) is 24.7 Å². The van der Waals surface area contributed by atoms with Crippen molar-refractivity contribution in [3.8, 4) is 0 Å². The molecule has 0 saturated carbocycles. The Labute approximate surface area is 175 Å². The van der Waals surface area contributed by atoms with Gasteiger partial charge in [-0.3, -0.25) is 9.89 Å². The van der Waals surface area contributed by atoms with E-state index in [9.17, 15) is 8.42 Å². The SMILES string of the molecule is CC(C)CN=C(NCC1CCS(=O)(=O)C1)N1CCC(N2CC=CC2)C1.I. The molecule has 0 aromatic heterocycles. The van der Waals surface area contributed by atoms with Gasteiger partial charge in [-0.15, -0.1) is 24.0 Å². The summed E-state index contributed by atoms with van der Waals surface area (Å²) in [6.07, 6.45) is 6.43. The van der Waals surface area contributed by atoms with E-state index in [1.807, 2.05) is 0 Å². The second kappa shape index (κ2) is 9.73. The highest BCUT2D eigenvalue weighted by Crippen LogP contribution is 2.20. The molecule has 2 fully saturated rings. The number of aliphatic imine (C=N–C) groups is 1. The minimum Gasteiger partial charge on any atom is -0.356 e. The molecule has 3 aliphatic heterocycles. The molecule has 1 N–H and O–H groups in total. The molecule has 3 heterocycles. The van der Waals surface area contributed by atoms with Crippen molar-refractivity contribution in [1.29, 1.82) is 0 Å². The minimum atomic E-state index is -2.82. The summed E-state index contributed by atoms with van der Waals surface area (Å²) in [4.78, 5) is 9.68. The van der Waals surface area contributed by atoms with Crippen LogP contribution in [0.3, 0.4) is 0 Å². The van der Waals surface area contributed by atoms with Gasteiger partial charge in [0, 0.05) is 45.3 Å². The third-order valence-corrected chi connectivity index (χ3v) is 7.14. The van der Waals surface area contributed by atoms with E-state index in [4.69, 9.17) is 4.99 Å². The van der Waals surface area contributed by atoms with Gasteiger partial charge < -0.3 is 10.2 Å². The van der Waals surface area contributed by atoms with E-state index in [1.54, 1.807) is 0 Å². The fourth-order valence-corrected chi connectivity index (χ4v) is 5.69. The van der Waals surface area contributed by atoms with Crippen LogP contribution in [0, 0.1) is 11.8 Å². The number of nitrogens with one attached hydrogen (secondary N) is 1. The number of rotatable bonds is 5. The van der Waals surface area contributed by atoms with Crippen LogP contribution in [0.5, 0.6) is 0 Å². The van der Waals surface area contributed by atoms with Crippen LogP contribution >= 0.6 is 24.0 Å². The van der Waals surface area contributed by atoms with Crippen molar-refractivity contribution in [2.24, 2.45) is 16.8 Å². The van der Waals surface area contributed by atoms with Gasteiger partial charge in [0.25, 0.3) is 0 Å². The Bertz CT molecular complexity index is 613. The fraction of sp³-hybridized carbons (Fsp3) is 0.833. The van der Waals surface area contributed by atoms with Gasteiger partial charge in [-0.25, -0.2) is 8.42 Å². The molecule has 3 aliphatic rings. The van der Waals surface area contributed by atoms with Crippen molar-refractivity contribution in [3.05, 3.63) is 12.2 Å². The summed E-state index contributed by atoms with van der Waals surface area (Å²) < 4.78 is 23.3. The van der Waals surface area contributed by atoms with Crippen LogP contribution in [0.25, 0.3) is 0 Å². The van der Waals surface area contributed by atoms with E-state index in [1.165, 1.54) is 6.42 Å². The molecule has 26 heavy (non-hydrogen) atoms. The molecule has 6 nitrogen and oxygen atoms in total. The highest BCUT2D eigenvalue weighted by atomic mass is 127. The zero-order valence-corrected chi connectivity index (χ0v) is 19.1. The number of hydrogen-bond acceptors (Lipinski definition) is 4. The number of halogens is 1. The third kappa shape index (κ3) is 6.09. The smallest absolute Gasteiger partial charge is 0.193 e. The van der Waals surface area contributed by atoms with Crippen LogP contribution in [0.15, 0.2) is 17.1 Å². The lowest BCUT2D eigenvalue weighted by Crippen LogP contribution is -2.44. The predicted molar refractivity (Wildman–Crippen MR) is 118 cm³/mol. The number of likely N-dealkylation sites (tertiary alicyclic amines) is 1. The summed E-state index contributed by atoms with van der Waals surface area (Å²) in [5.74, 6) is 2.36. The first kappa shape index (κ1) is 21.9. The molecule has 2 unspecified atom stereocenters. The van der Waals surface area contributed by atoms with Gasteiger partial charge in [-0.1, -0.05) is 26.0 Å². The Morgan fingerprint density at radius 1 is 1.27 bits per heavy atom. The van der Waals surface area contributed by atoms with E-state index in [-0.39, 0.29) is 29.9 Å². The molecule has 2 atom stereocenters. The maximum Gasteiger partial charge on any atom is 0.193 e. The first-order chi connectivity index (χ1) is 11.9. The monoisotopic (exact) mass is 496 g/mol. The van der Waals surface area contributed by atoms with Gasteiger partial charge in [0.05, 0.1) is 11.5 Å². The van der Waals surface area contributed by atoms with Crippen LogP contribution in [-0.2, 0) is 9.84 Å². The lowest BCUT2D eigenvalue weighted by atomic mass is 10.1. The maximum atomic E-state index is 11.7. The summed E-state index contributed by atoms with van der Waals surface area (Å²) in [5, 5.41) is 3.49. The highest BCUT2D eigenvalue weighted by Gasteiger charge is 2.31. The Morgan fingerprint density at radius 3 is 2.62 bits per heavy atom. The van der Waals surface area contributed by atoms with E-state index in [2.05, 4.69) is 41.1 Å². The Hall–Kier alpha value is -0.350. The molecule has 2 saturated heterocycles. The van der Waals surface area contributed by atoms with E-state index < -0.39 is 9.84 Å². The molecule has 0 amide bonds. The van der Waals surface area contributed by atoms with Crippen molar-refractivity contribution >= 4 is 39.8 Å². The first-order valence-electron chi connectivity index (χ1n) is 9.55. The summed E-state index contributed by atoms with van der Waals surface area (Å²) in [5.41, 5.74) is 0. The zero-order valence-electron chi connectivity index (χ0n) is 15.9. The Kier molecular flexibility index (Phi) is 8.21. The summed E-state index contributed by atoms with van der Waals surface area (Å²) in [7, 11) is -2.82. The van der Waals surface area contributed by atoms with Crippen LogP contribution in [0.2, 0.25) is 0 Å². The normalized spacial score (nSPS) is 28.7. The average molecular weight is 496 g/mol. The maximum absolute atomic E-state index is 11.7. The van der Waals surface area contributed by atoms with Crippen LogP contribution in [-0.4, -0.2) is 81.0 Å². The Balaban J connectivity index is 0.00000243. The quantitative estimate of drug-likeness (QED) is 0.271. The molecular formula is C18H33IN4O2S. The topological polar surface area (TPSA) is 65.0 Å². The fourth-order valence-electron chi connectivity index (χ4n) is 3.83. The summed E-state index contributed by atoms with van der Waals surface area (Å²) in [6.45, 7) is 10.0. The number of nitrogens with zero attached hydrogens (tertiary/aromatic N) is 3. The average Bonchev–Trinajstić information content (AvgIpc) is 3.26. The predicted octanol–water partition coefficient (Wildman–Crippen LogP) is 1.59. The number of guanidine groups is 1. The molecule has 0 aromatic rings. The van der Waals surface area contributed by atoms with Gasteiger partial charge in [-0.2, -0.15) is 0 Å². The molecule has 0 spiro atoms. The summed E-state index contributed by atoms with van der Waals surface area (Å²) >= 11 is 0. The Morgan fingerprint density at radius 2 is 2.00 bits per heavy atom.